The summed E-state index contributed by atoms with van der Waals surface area (Å²) in [6.45, 7) is 6.58. The predicted octanol–water partition coefficient (Wildman–Crippen LogP) is 2.77. The van der Waals surface area contributed by atoms with E-state index in [0.717, 1.165) is 13.1 Å². The van der Waals surface area contributed by atoms with Gasteiger partial charge < -0.3 is 14.9 Å². The molecule has 0 amide bonds. The highest BCUT2D eigenvalue weighted by Crippen LogP contribution is 2.16. The largest absolute Gasteiger partial charge is 0.395 e. The Morgan fingerprint density at radius 3 is 2.18 bits per heavy atom. The highest BCUT2D eigenvalue weighted by Gasteiger charge is 2.20. The van der Waals surface area contributed by atoms with E-state index in [2.05, 4.69) is 36.0 Å². The molecule has 3 nitrogen and oxygen atoms in total. The zero-order valence-electron chi connectivity index (χ0n) is 11.4. The number of unbranched alkanes of at least 4 members (excludes halogenated alkanes) is 5. The lowest BCUT2D eigenvalue weighted by molar-refractivity contribution is 0.141. The van der Waals surface area contributed by atoms with E-state index >= 15 is 0 Å². The molecule has 100 valence electrons. The summed E-state index contributed by atoms with van der Waals surface area (Å²) in [4.78, 5) is 4.56. The van der Waals surface area contributed by atoms with Crippen LogP contribution >= 0.6 is 0 Å². The lowest BCUT2D eigenvalue weighted by Crippen LogP contribution is -2.37. The van der Waals surface area contributed by atoms with Gasteiger partial charge >= 0.3 is 0 Å². The second-order valence-corrected chi connectivity index (χ2v) is 4.90. The van der Waals surface area contributed by atoms with E-state index in [1.807, 2.05) is 0 Å². The zero-order chi connectivity index (χ0) is 12.5. The van der Waals surface area contributed by atoms with Gasteiger partial charge in [0.1, 0.15) is 0 Å². The Balaban J connectivity index is 2.06. The molecule has 1 N–H and O–H groups in total. The molecule has 0 radical (unpaired) electrons. The van der Waals surface area contributed by atoms with Crippen molar-refractivity contribution in [3.63, 3.8) is 0 Å². The van der Waals surface area contributed by atoms with E-state index < -0.39 is 0 Å². The summed E-state index contributed by atoms with van der Waals surface area (Å²) in [6, 6.07) is 0. The van der Waals surface area contributed by atoms with E-state index in [-0.39, 0.29) is 6.61 Å². The molecular weight excluding hydrogens is 212 g/mol. The normalized spacial score (nSPS) is 19.4. The summed E-state index contributed by atoms with van der Waals surface area (Å²) in [5.41, 5.74) is 0. The third kappa shape index (κ3) is 4.99. The molecule has 1 atom stereocenters. The van der Waals surface area contributed by atoms with Gasteiger partial charge in [0.05, 0.1) is 12.8 Å². The predicted molar refractivity (Wildman–Crippen MR) is 72.5 cm³/mol. The minimum atomic E-state index is 0.236. The SMILES string of the molecule is CCCCCCCCN1C=CN(CCO)C1C. The Morgan fingerprint density at radius 1 is 0.941 bits per heavy atom. The molecular formula is C14H28N2O. The second kappa shape index (κ2) is 8.40. The van der Waals surface area contributed by atoms with Crippen molar-refractivity contribution in [1.29, 1.82) is 0 Å². The molecule has 17 heavy (non-hydrogen) atoms. The smallest absolute Gasteiger partial charge is 0.0978 e. The fourth-order valence-electron chi connectivity index (χ4n) is 2.32. The molecule has 1 rings (SSSR count). The third-order valence-corrected chi connectivity index (χ3v) is 3.54. The summed E-state index contributed by atoms with van der Waals surface area (Å²) in [7, 11) is 0. The molecule has 0 saturated carbocycles. The Kier molecular flexibility index (Phi) is 7.10. The van der Waals surface area contributed by atoms with Gasteiger partial charge in [-0.2, -0.15) is 0 Å². The van der Waals surface area contributed by atoms with E-state index in [1.165, 1.54) is 38.5 Å². The first-order valence-electron chi connectivity index (χ1n) is 7.10. The van der Waals surface area contributed by atoms with Crippen LogP contribution in [-0.2, 0) is 0 Å². The summed E-state index contributed by atoms with van der Waals surface area (Å²) in [5, 5.41) is 8.93. The van der Waals surface area contributed by atoms with Crippen LogP contribution < -0.4 is 0 Å². The highest BCUT2D eigenvalue weighted by molar-refractivity contribution is 4.95. The molecule has 0 aliphatic carbocycles. The van der Waals surface area contributed by atoms with Gasteiger partial charge in [-0.05, 0) is 13.3 Å². The number of aliphatic hydroxyl groups is 1. The molecule has 0 aromatic rings. The van der Waals surface area contributed by atoms with Crippen LogP contribution in [0.15, 0.2) is 12.4 Å². The Morgan fingerprint density at radius 2 is 1.53 bits per heavy atom. The average Bonchev–Trinajstić information content (AvgIpc) is 2.67. The van der Waals surface area contributed by atoms with E-state index in [1.54, 1.807) is 0 Å². The molecule has 0 saturated heterocycles. The summed E-state index contributed by atoms with van der Waals surface area (Å²) in [6.07, 6.45) is 12.8. The third-order valence-electron chi connectivity index (χ3n) is 3.54. The van der Waals surface area contributed by atoms with Crippen LogP contribution in [0, 0.1) is 0 Å². The standard InChI is InChI=1S/C14H28N2O/c1-3-4-5-6-7-8-9-15-10-11-16(12-13-17)14(15)2/h10-11,14,17H,3-9,12-13H2,1-2H3. The first-order chi connectivity index (χ1) is 8.29. The van der Waals surface area contributed by atoms with Gasteiger partial charge in [-0.25, -0.2) is 0 Å². The van der Waals surface area contributed by atoms with Gasteiger partial charge in [0, 0.05) is 25.5 Å². The fraction of sp³-hybridized carbons (Fsp3) is 0.857. The maximum absolute atomic E-state index is 8.93. The molecule has 0 aromatic carbocycles. The molecule has 1 aliphatic rings. The monoisotopic (exact) mass is 240 g/mol. The topological polar surface area (TPSA) is 26.7 Å². The Labute approximate surface area is 106 Å². The van der Waals surface area contributed by atoms with Crippen LogP contribution in [0.3, 0.4) is 0 Å². The Hall–Kier alpha value is -0.700. The minimum Gasteiger partial charge on any atom is -0.395 e. The van der Waals surface area contributed by atoms with Gasteiger partial charge in [0.25, 0.3) is 0 Å². The minimum absolute atomic E-state index is 0.236. The molecule has 3 heteroatoms. The molecule has 0 fully saturated rings. The lowest BCUT2D eigenvalue weighted by atomic mass is 10.1. The molecule has 0 bridgehead atoms. The van der Waals surface area contributed by atoms with Gasteiger partial charge in [0.15, 0.2) is 0 Å². The number of rotatable bonds is 9. The van der Waals surface area contributed by atoms with Crippen molar-refractivity contribution in [2.24, 2.45) is 0 Å². The summed E-state index contributed by atoms with van der Waals surface area (Å²) in [5.74, 6) is 0. The van der Waals surface area contributed by atoms with Crippen LogP contribution in [-0.4, -0.2) is 40.8 Å². The van der Waals surface area contributed by atoms with Crippen LogP contribution in [0.5, 0.6) is 0 Å². The van der Waals surface area contributed by atoms with Crippen LogP contribution in [0.2, 0.25) is 0 Å². The van der Waals surface area contributed by atoms with Crippen LogP contribution in [0.1, 0.15) is 52.4 Å². The van der Waals surface area contributed by atoms with Gasteiger partial charge in [-0.15, -0.1) is 0 Å². The quantitative estimate of drug-likeness (QED) is 0.628. The Bertz CT molecular complexity index is 218. The molecule has 1 aliphatic heterocycles. The number of nitrogens with zero attached hydrogens (tertiary/aromatic N) is 2. The van der Waals surface area contributed by atoms with Crippen molar-refractivity contribution in [3.8, 4) is 0 Å². The first kappa shape index (κ1) is 14.4. The fourth-order valence-corrected chi connectivity index (χ4v) is 2.32. The molecule has 1 unspecified atom stereocenters. The number of hydrogen-bond acceptors (Lipinski definition) is 3. The molecule has 1 heterocycles. The van der Waals surface area contributed by atoms with Gasteiger partial charge in [-0.3, -0.25) is 0 Å². The first-order valence-corrected chi connectivity index (χ1v) is 7.10. The van der Waals surface area contributed by atoms with Crippen molar-refractivity contribution in [3.05, 3.63) is 12.4 Å². The van der Waals surface area contributed by atoms with Crippen LogP contribution in [0.25, 0.3) is 0 Å². The van der Waals surface area contributed by atoms with Gasteiger partial charge in [0.2, 0.25) is 0 Å². The lowest BCUT2D eigenvalue weighted by Gasteiger charge is -2.29. The van der Waals surface area contributed by atoms with Crippen molar-refractivity contribution in [2.45, 2.75) is 58.5 Å². The van der Waals surface area contributed by atoms with E-state index in [4.69, 9.17) is 5.11 Å². The van der Waals surface area contributed by atoms with Crippen molar-refractivity contribution >= 4 is 0 Å². The maximum Gasteiger partial charge on any atom is 0.0978 e. The van der Waals surface area contributed by atoms with Gasteiger partial charge in [-0.1, -0.05) is 39.0 Å². The second-order valence-electron chi connectivity index (χ2n) is 4.90. The zero-order valence-corrected chi connectivity index (χ0v) is 11.4. The van der Waals surface area contributed by atoms with E-state index in [0.29, 0.717) is 6.17 Å². The van der Waals surface area contributed by atoms with Crippen molar-refractivity contribution in [1.82, 2.24) is 9.80 Å². The number of aliphatic hydroxyl groups excluding tert-OH is 1. The molecule has 0 aromatic heterocycles. The van der Waals surface area contributed by atoms with Crippen molar-refractivity contribution in [2.75, 3.05) is 19.7 Å². The summed E-state index contributed by atoms with van der Waals surface area (Å²) >= 11 is 0. The van der Waals surface area contributed by atoms with Crippen LogP contribution in [0.4, 0.5) is 0 Å². The molecule has 0 spiro atoms. The number of β-amino-alcohol motifs (C(OH)–C–C–N with tert-alkyl or cyclic N) is 1. The van der Waals surface area contributed by atoms with E-state index in [9.17, 15) is 0 Å². The van der Waals surface area contributed by atoms with Crippen molar-refractivity contribution < 1.29 is 5.11 Å². The highest BCUT2D eigenvalue weighted by atomic mass is 16.3. The number of hydrogen-bond donors (Lipinski definition) is 1. The maximum atomic E-state index is 8.93. The average molecular weight is 240 g/mol. The summed E-state index contributed by atoms with van der Waals surface area (Å²) < 4.78 is 0.